The molecule has 0 amide bonds. The number of hydrogen-bond donors (Lipinski definition) is 1. The predicted molar refractivity (Wildman–Crippen MR) is 122 cm³/mol. The van der Waals surface area contributed by atoms with E-state index in [1.807, 2.05) is 30.3 Å². The minimum absolute atomic E-state index is 0.0420. The Kier molecular flexibility index (Phi) is 6.09. The van der Waals surface area contributed by atoms with Gasteiger partial charge in [-0.1, -0.05) is 35.5 Å². The zero-order valence-electron chi connectivity index (χ0n) is 18.2. The summed E-state index contributed by atoms with van der Waals surface area (Å²) in [4.78, 5) is 21.4. The van der Waals surface area contributed by atoms with E-state index >= 15 is 0 Å². The normalized spacial score (nSPS) is 11.1. The summed E-state index contributed by atoms with van der Waals surface area (Å²) in [5.74, 6) is 0.0360. The Labute approximate surface area is 186 Å². The summed E-state index contributed by atoms with van der Waals surface area (Å²) in [7, 11) is 1.74. The lowest BCUT2D eigenvalue weighted by Crippen LogP contribution is -2.25. The molecular weight excluding hydrogens is 404 g/mol. The van der Waals surface area contributed by atoms with Crippen LogP contribution >= 0.6 is 0 Å². The largest absolute Gasteiger partial charge is 0.480 e. The van der Waals surface area contributed by atoms with Crippen LogP contribution in [0, 0.1) is 13.8 Å². The maximum Gasteiger partial charge on any atom is 0.317 e. The van der Waals surface area contributed by atoms with Crippen LogP contribution < -0.4 is 0 Å². The summed E-state index contributed by atoms with van der Waals surface area (Å²) in [6.45, 7) is 4.58. The summed E-state index contributed by atoms with van der Waals surface area (Å²) in [5.41, 5.74) is 7.11. The van der Waals surface area contributed by atoms with E-state index in [1.54, 1.807) is 18.1 Å². The number of aromatic nitrogens is 3. The van der Waals surface area contributed by atoms with E-state index in [2.05, 4.69) is 53.2 Å². The Balaban J connectivity index is 1.52. The first-order valence-electron chi connectivity index (χ1n) is 10.3. The van der Waals surface area contributed by atoms with Crippen molar-refractivity contribution in [1.82, 2.24) is 20.0 Å². The number of nitrogens with zero attached hydrogens (tertiary/aromatic N) is 4. The van der Waals surface area contributed by atoms with E-state index in [1.165, 1.54) is 16.7 Å². The molecule has 1 N–H and O–H groups in total. The second kappa shape index (κ2) is 9.11. The number of benzene rings is 2. The van der Waals surface area contributed by atoms with Crippen molar-refractivity contribution >= 4 is 5.97 Å². The zero-order chi connectivity index (χ0) is 22.7. The molecule has 0 aliphatic heterocycles. The molecule has 162 valence electrons. The first-order chi connectivity index (χ1) is 15.4. The van der Waals surface area contributed by atoms with E-state index in [0.717, 1.165) is 22.4 Å². The fourth-order valence-electron chi connectivity index (χ4n) is 3.65. The molecule has 0 saturated carbocycles. The molecule has 0 radical (unpaired) electrons. The average Bonchev–Trinajstić information content (AvgIpc) is 3.24. The average molecular weight is 428 g/mol. The molecule has 0 atom stereocenters. The van der Waals surface area contributed by atoms with Gasteiger partial charge in [-0.05, 0) is 67.4 Å². The van der Waals surface area contributed by atoms with Crippen molar-refractivity contribution in [2.24, 2.45) is 0 Å². The minimum Gasteiger partial charge on any atom is -0.480 e. The SMILES string of the molecule is Cc1ccccc1-c1ccc(-c2nc(-c3ccc(CN(C)CC(=O)O)nc3)no2)cc1C. The second-order valence-electron chi connectivity index (χ2n) is 7.87. The first-order valence-corrected chi connectivity index (χ1v) is 10.3. The van der Waals surface area contributed by atoms with Gasteiger partial charge in [0.25, 0.3) is 5.89 Å². The minimum atomic E-state index is -0.870. The van der Waals surface area contributed by atoms with Crippen LogP contribution in [0.15, 0.2) is 65.3 Å². The van der Waals surface area contributed by atoms with Crippen LogP contribution in [0.1, 0.15) is 16.8 Å². The van der Waals surface area contributed by atoms with E-state index in [0.29, 0.717) is 18.3 Å². The van der Waals surface area contributed by atoms with Crippen molar-refractivity contribution in [1.29, 1.82) is 0 Å². The van der Waals surface area contributed by atoms with Gasteiger partial charge in [0.1, 0.15) is 0 Å². The molecule has 4 rings (SSSR count). The van der Waals surface area contributed by atoms with Crippen molar-refractivity contribution in [3.05, 3.63) is 77.6 Å². The molecule has 0 aliphatic rings. The Morgan fingerprint density at radius 1 is 1.00 bits per heavy atom. The van der Waals surface area contributed by atoms with Crippen LogP contribution in [0.4, 0.5) is 0 Å². The van der Waals surface area contributed by atoms with Crippen molar-refractivity contribution in [2.75, 3.05) is 13.6 Å². The highest BCUT2D eigenvalue weighted by molar-refractivity contribution is 5.73. The molecule has 32 heavy (non-hydrogen) atoms. The summed E-state index contributed by atoms with van der Waals surface area (Å²) in [6, 6.07) is 18.1. The topological polar surface area (TPSA) is 92.4 Å². The lowest BCUT2D eigenvalue weighted by atomic mass is 9.95. The molecule has 0 saturated heterocycles. The summed E-state index contributed by atoms with van der Waals surface area (Å²) in [5, 5.41) is 13.0. The van der Waals surface area contributed by atoms with Crippen LogP contribution in [0.25, 0.3) is 34.0 Å². The molecular formula is C25H24N4O3. The summed E-state index contributed by atoms with van der Waals surface area (Å²) >= 11 is 0. The highest BCUT2D eigenvalue weighted by Crippen LogP contribution is 2.30. The number of aryl methyl sites for hydroxylation is 2. The van der Waals surface area contributed by atoms with E-state index < -0.39 is 5.97 Å². The van der Waals surface area contributed by atoms with E-state index in [-0.39, 0.29) is 6.54 Å². The van der Waals surface area contributed by atoms with Crippen LogP contribution in [-0.4, -0.2) is 44.7 Å². The van der Waals surface area contributed by atoms with Gasteiger partial charge in [-0.25, -0.2) is 0 Å². The van der Waals surface area contributed by atoms with Gasteiger partial charge in [0.2, 0.25) is 5.82 Å². The molecule has 2 aromatic heterocycles. The molecule has 0 bridgehead atoms. The number of carboxylic acids is 1. The van der Waals surface area contributed by atoms with Gasteiger partial charge >= 0.3 is 5.97 Å². The fraction of sp³-hybridized carbons (Fsp3) is 0.200. The van der Waals surface area contributed by atoms with Crippen LogP contribution in [0.2, 0.25) is 0 Å². The lowest BCUT2D eigenvalue weighted by molar-refractivity contribution is -0.138. The van der Waals surface area contributed by atoms with Gasteiger partial charge in [0, 0.05) is 23.9 Å². The Morgan fingerprint density at radius 3 is 2.44 bits per heavy atom. The molecule has 0 fully saturated rings. The number of pyridine rings is 1. The third kappa shape index (κ3) is 4.73. The van der Waals surface area contributed by atoms with E-state index in [4.69, 9.17) is 9.63 Å². The number of rotatable bonds is 7. The van der Waals surface area contributed by atoms with Gasteiger partial charge in [-0.2, -0.15) is 4.98 Å². The van der Waals surface area contributed by atoms with Crippen molar-refractivity contribution in [3.8, 4) is 34.0 Å². The number of carbonyl (C=O) groups is 1. The maximum absolute atomic E-state index is 10.8. The van der Waals surface area contributed by atoms with Gasteiger partial charge in [-0.3, -0.25) is 14.7 Å². The van der Waals surface area contributed by atoms with Crippen LogP contribution in [0.5, 0.6) is 0 Å². The number of hydrogen-bond acceptors (Lipinski definition) is 6. The molecule has 2 heterocycles. The van der Waals surface area contributed by atoms with Crippen molar-refractivity contribution in [3.63, 3.8) is 0 Å². The standard InChI is InChI=1S/C25H24N4O3/c1-16-6-4-5-7-21(16)22-11-9-18(12-17(22)2)25-27-24(28-32-25)19-8-10-20(26-13-19)14-29(3)15-23(30)31/h4-13H,14-15H2,1-3H3,(H,30,31). The first kappa shape index (κ1) is 21.4. The smallest absolute Gasteiger partial charge is 0.317 e. The summed E-state index contributed by atoms with van der Waals surface area (Å²) in [6.07, 6.45) is 1.67. The predicted octanol–water partition coefficient (Wildman–Crippen LogP) is 4.60. The molecule has 0 unspecified atom stereocenters. The van der Waals surface area contributed by atoms with Gasteiger partial charge in [0.15, 0.2) is 0 Å². The molecule has 7 nitrogen and oxygen atoms in total. The quantitative estimate of drug-likeness (QED) is 0.460. The van der Waals surface area contributed by atoms with Crippen LogP contribution in [0.3, 0.4) is 0 Å². The monoisotopic (exact) mass is 428 g/mol. The molecule has 0 aliphatic carbocycles. The maximum atomic E-state index is 10.8. The van der Waals surface area contributed by atoms with Crippen molar-refractivity contribution in [2.45, 2.75) is 20.4 Å². The third-order valence-electron chi connectivity index (χ3n) is 5.25. The number of likely N-dealkylation sites (N-methyl/N-ethyl adjacent to an activating group) is 1. The van der Waals surface area contributed by atoms with Crippen molar-refractivity contribution < 1.29 is 14.4 Å². The Bertz CT molecular complexity index is 1250. The van der Waals surface area contributed by atoms with Crippen LogP contribution in [-0.2, 0) is 11.3 Å². The van der Waals surface area contributed by atoms with Gasteiger partial charge in [0.05, 0.1) is 12.2 Å². The second-order valence-corrected chi connectivity index (χ2v) is 7.87. The molecule has 0 spiro atoms. The molecule has 7 heteroatoms. The highest BCUT2D eigenvalue weighted by atomic mass is 16.5. The summed E-state index contributed by atoms with van der Waals surface area (Å²) < 4.78 is 5.51. The molecule has 2 aromatic carbocycles. The lowest BCUT2D eigenvalue weighted by Gasteiger charge is -2.12. The number of carboxylic acid groups (broad SMARTS) is 1. The number of aliphatic carboxylic acids is 1. The zero-order valence-corrected chi connectivity index (χ0v) is 18.2. The molecule has 4 aromatic rings. The Morgan fingerprint density at radius 2 is 1.75 bits per heavy atom. The van der Waals surface area contributed by atoms with Gasteiger partial charge in [-0.15, -0.1) is 0 Å². The Hall–Kier alpha value is -3.84. The van der Waals surface area contributed by atoms with E-state index in [9.17, 15) is 4.79 Å². The van der Waals surface area contributed by atoms with Gasteiger partial charge < -0.3 is 9.63 Å². The fourth-order valence-corrected chi connectivity index (χ4v) is 3.65. The highest BCUT2D eigenvalue weighted by Gasteiger charge is 2.14. The third-order valence-corrected chi connectivity index (χ3v) is 5.25.